The van der Waals surface area contributed by atoms with Gasteiger partial charge in [0, 0.05) is 23.5 Å². The molecule has 3 rings (SSSR count). The minimum Gasteiger partial charge on any atom is -0.325 e. The Morgan fingerprint density at radius 2 is 1.95 bits per heavy atom. The van der Waals surface area contributed by atoms with E-state index in [1.807, 2.05) is 37.3 Å². The Bertz CT molecular complexity index is 785. The quantitative estimate of drug-likeness (QED) is 0.761. The van der Waals surface area contributed by atoms with Gasteiger partial charge in [-0.1, -0.05) is 11.6 Å². The molecule has 3 aromatic rings. The van der Waals surface area contributed by atoms with Gasteiger partial charge in [-0.3, -0.25) is 0 Å². The summed E-state index contributed by atoms with van der Waals surface area (Å²) in [6.07, 6.45) is 1.72. The minimum atomic E-state index is 0.437. The van der Waals surface area contributed by atoms with Gasteiger partial charge in [0.1, 0.15) is 5.01 Å². The molecule has 0 bridgehead atoms. The van der Waals surface area contributed by atoms with Gasteiger partial charge in [0.15, 0.2) is 0 Å². The lowest BCUT2D eigenvalue weighted by Gasteiger charge is -2.06. The number of benzene rings is 1. The highest BCUT2D eigenvalue weighted by Crippen LogP contribution is 2.29. The van der Waals surface area contributed by atoms with E-state index in [1.54, 1.807) is 17.5 Å². The van der Waals surface area contributed by atoms with E-state index < -0.39 is 0 Å². The average Bonchev–Trinajstić information content (AvgIpc) is 2.91. The highest BCUT2D eigenvalue weighted by molar-refractivity contribution is 7.15. The maximum atomic E-state index is 5.88. The van der Waals surface area contributed by atoms with Crippen LogP contribution in [0.4, 0.5) is 11.6 Å². The second kappa shape index (κ2) is 6.39. The number of nitrogens with zero attached hydrogens (tertiary/aromatic N) is 3. The zero-order valence-corrected chi connectivity index (χ0v) is 13.4. The number of halogens is 1. The van der Waals surface area contributed by atoms with Crippen LogP contribution in [-0.2, 0) is 6.54 Å². The highest BCUT2D eigenvalue weighted by Gasteiger charge is 2.11. The summed E-state index contributed by atoms with van der Waals surface area (Å²) in [6, 6.07) is 9.25. The molecule has 2 heterocycles. The summed E-state index contributed by atoms with van der Waals surface area (Å²) in [5.74, 6) is 0.530. The summed E-state index contributed by atoms with van der Waals surface area (Å²) in [6.45, 7) is 2.39. The van der Waals surface area contributed by atoms with E-state index in [9.17, 15) is 0 Å². The van der Waals surface area contributed by atoms with Crippen molar-refractivity contribution >= 4 is 34.6 Å². The van der Waals surface area contributed by atoms with Crippen LogP contribution in [0.15, 0.2) is 36.5 Å². The molecule has 0 saturated carbocycles. The molecule has 0 spiro atoms. The Labute approximate surface area is 137 Å². The SMILES string of the molecule is Cc1nc(CN)sc1-c1ccnc(Nc2ccc(Cl)cc2)n1. The van der Waals surface area contributed by atoms with Crippen LogP contribution in [0.2, 0.25) is 5.02 Å². The van der Waals surface area contributed by atoms with Crippen LogP contribution in [-0.4, -0.2) is 15.0 Å². The fraction of sp³-hybridized carbons (Fsp3) is 0.133. The topological polar surface area (TPSA) is 76.7 Å². The third-order valence-electron chi connectivity index (χ3n) is 3.00. The van der Waals surface area contributed by atoms with Gasteiger partial charge in [0.25, 0.3) is 0 Å². The normalized spacial score (nSPS) is 10.7. The first-order chi connectivity index (χ1) is 10.7. The van der Waals surface area contributed by atoms with Crippen LogP contribution in [0.1, 0.15) is 10.7 Å². The van der Waals surface area contributed by atoms with E-state index in [2.05, 4.69) is 20.3 Å². The molecule has 2 aromatic heterocycles. The Morgan fingerprint density at radius 3 is 2.64 bits per heavy atom. The van der Waals surface area contributed by atoms with Gasteiger partial charge in [0.05, 0.1) is 16.3 Å². The van der Waals surface area contributed by atoms with Crippen LogP contribution >= 0.6 is 22.9 Å². The lowest BCUT2D eigenvalue weighted by molar-refractivity contribution is 1.02. The largest absolute Gasteiger partial charge is 0.325 e. The molecule has 3 N–H and O–H groups in total. The van der Waals surface area contributed by atoms with Gasteiger partial charge in [0.2, 0.25) is 5.95 Å². The van der Waals surface area contributed by atoms with E-state index in [4.69, 9.17) is 17.3 Å². The number of anilines is 2. The first kappa shape index (κ1) is 14.9. The Hall–Kier alpha value is -2.02. The number of aromatic nitrogens is 3. The molecule has 5 nitrogen and oxygen atoms in total. The zero-order valence-electron chi connectivity index (χ0n) is 11.9. The number of hydrogen-bond donors (Lipinski definition) is 2. The van der Waals surface area contributed by atoms with E-state index >= 15 is 0 Å². The van der Waals surface area contributed by atoms with Gasteiger partial charge >= 0.3 is 0 Å². The van der Waals surface area contributed by atoms with E-state index in [0.29, 0.717) is 17.5 Å². The highest BCUT2D eigenvalue weighted by atomic mass is 35.5. The summed E-state index contributed by atoms with van der Waals surface area (Å²) in [7, 11) is 0. The number of hydrogen-bond acceptors (Lipinski definition) is 6. The number of rotatable bonds is 4. The fourth-order valence-corrected chi connectivity index (χ4v) is 3.02. The molecule has 1 aromatic carbocycles. The maximum Gasteiger partial charge on any atom is 0.227 e. The van der Waals surface area contributed by atoms with Gasteiger partial charge in [-0.05, 0) is 37.3 Å². The summed E-state index contributed by atoms with van der Waals surface area (Å²) >= 11 is 7.44. The van der Waals surface area contributed by atoms with Crippen molar-refractivity contribution in [3.05, 3.63) is 52.3 Å². The van der Waals surface area contributed by atoms with Crippen molar-refractivity contribution in [2.45, 2.75) is 13.5 Å². The van der Waals surface area contributed by atoms with Crippen LogP contribution in [0.25, 0.3) is 10.6 Å². The Kier molecular flexibility index (Phi) is 4.33. The zero-order chi connectivity index (χ0) is 15.5. The molecule has 7 heteroatoms. The minimum absolute atomic E-state index is 0.437. The molecule has 0 aliphatic heterocycles. The monoisotopic (exact) mass is 331 g/mol. The predicted octanol–water partition coefficient (Wildman–Crippen LogP) is 3.76. The second-order valence-corrected chi connectivity index (χ2v) is 6.14. The Morgan fingerprint density at radius 1 is 1.18 bits per heavy atom. The van der Waals surface area contributed by atoms with Gasteiger partial charge in [-0.25, -0.2) is 15.0 Å². The van der Waals surface area contributed by atoms with Crippen molar-refractivity contribution in [1.82, 2.24) is 15.0 Å². The average molecular weight is 332 g/mol. The lowest BCUT2D eigenvalue weighted by Crippen LogP contribution is -1.97. The molecule has 0 atom stereocenters. The molecule has 0 amide bonds. The molecular formula is C15H14ClN5S. The van der Waals surface area contributed by atoms with Crippen LogP contribution in [0.3, 0.4) is 0 Å². The molecule has 22 heavy (non-hydrogen) atoms. The fourth-order valence-electron chi connectivity index (χ4n) is 1.98. The van der Waals surface area contributed by atoms with E-state index in [0.717, 1.165) is 27.0 Å². The first-order valence-corrected chi connectivity index (χ1v) is 7.87. The predicted molar refractivity (Wildman–Crippen MR) is 90.5 cm³/mol. The standard InChI is InChI=1S/C15H14ClN5S/c1-9-14(22-13(8-17)19-9)12-6-7-18-15(21-12)20-11-4-2-10(16)3-5-11/h2-7H,8,17H2,1H3,(H,18,20,21). The van der Waals surface area contributed by atoms with Gasteiger partial charge in [-0.15, -0.1) is 11.3 Å². The molecule has 0 aliphatic carbocycles. The molecule has 0 unspecified atom stereocenters. The number of thiazole rings is 1. The van der Waals surface area contributed by atoms with Crippen LogP contribution in [0.5, 0.6) is 0 Å². The summed E-state index contributed by atoms with van der Waals surface area (Å²) in [5, 5.41) is 4.75. The third-order valence-corrected chi connectivity index (χ3v) is 4.46. The summed E-state index contributed by atoms with van der Waals surface area (Å²) in [5.41, 5.74) is 8.29. The van der Waals surface area contributed by atoms with Gasteiger partial charge in [-0.2, -0.15) is 0 Å². The van der Waals surface area contributed by atoms with Crippen molar-refractivity contribution in [2.75, 3.05) is 5.32 Å². The maximum absolute atomic E-state index is 5.88. The lowest BCUT2D eigenvalue weighted by atomic mass is 10.3. The molecule has 0 radical (unpaired) electrons. The molecule has 0 fully saturated rings. The summed E-state index contributed by atoms with van der Waals surface area (Å²) in [4.78, 5) is 14.2. The van der Waals surface area contributed by atoms with Crippen molar-refractivity contribution in [2.24, 2.45) is 5.73 Å². The first-order valence-electron chi connectivity index (χ1n) is 6.68. The third kappa shape index (κ3) is 3.24. The number of nitrogens with one attached hydrogen (secondary N) is 1. The number of nitrogens with two attached hydrogens (primary N) is 1. The molecule has 0 saturated heterocycles. The van der Waals surface area contributed by atoms with Crippen molar-refractivity contribution < 1.29 is 0 Å². The molecule has 0 aliphatic rings. The van der Waals surface area contributed by atoms with Gasteiger partial charge < -0.3 is 11.1 Å². The van der Waals surface area contributed by atoms with E-state index in [-0.39, 0.29) is 0 Å². The van der Waals surface area contributed by atoms with Crippen LogP contribution < -0.4 is 11.1 Å². The second-order valence-electron chi connectivity index (χ2n) is 4.62. The van der Waals surface area contributed by atoms with E-state index in [1.165, 1.54) is 0 Å². The number of aryl methyl sites for hydroxylation is 1. The van der Waals surface area contributed by atoms with Crippen molar-refractivity contribution in [3.8, 4) is 10.6 Å². The Balaban J connectivity index is 1.88. The summed E-state index contributed by atoms with van der Waals surface area (Å²) < 4.78 is 0. The van der Waals surface area contributed by atoms with Crippen molar-refractivity contribution in [3.63, 3.8) is 0 Å². The smallest absolute Gasteiger partial charge is 0.227 e. The van der Waals surface area contributed by atoms with Crippen LogP contribution in [0, 0.1) is 6.92 Å². The van der Waals surface area contributed by atoms with Crippen molar-refractivity contribution in [1.29, 1.82) is 0 Å². The molecule has 112 valence electrons. The molecular weight excluding hydrogens is 318 g/mol.